The van der Waals surface area contributed by atoms with Crippen LogP contribution < -0.4 is 10.6 Å². The summed E-state index contributed by atoms with van der Waals surface area (Å²) in [4.78, 5) is 16.1. The quantitative estimate of drug-likeness (QED) is 0.217. The van der Waals surface area contributed by atoms with Crippen LogP contribution in [0, 0.1) is 17.5 Å². The average molecular weight is 476 g/mol. The fourth-order valence-corrected chi connectivity index (χ4v) is 2.55. The lowest BCUT2D eigenvalue weighted by Crippen LogP contribution is -2.31. The van der Waals surface area contributed by atoms with Crippen molar-refractivity contribution in [3.8, 4) is 0 Å². The maximum Gasteiger partial charge on any atom is 0.435 e. The highest BCUT2D eigenvalue weighted by Crippen LogP contribution is 2.28. The van der Waals surface area contributed by atoms with Crippen molar-refractivity contribution in [2.24, 2.45) is 4.99 Å². The van der Waals surface area contributed by atoms with Gasteiger partial charge in [0.1, 0.15) is 5.82 Å². The van der Waals surface area contributed by atoms with Gasteiger partial charge in [0, 0.05) is 23.2 Å². The van der Waals surface area contributed by atoms with Gasteiger partial charge in [0.2, 0.25) is 5.96 Å². The van der Waals surface area contributed by atoms with Gasteiger partial charge in [-0.15, -0.1) is 0 Å². The third-order valence-electron chi connectivity index (χ3n) is 3.93. The lowest BCUT2D eigenvalue weighted by molar-refractivity contribution is -0.141. The molecule has 0 unspecified atom stereocenters. The Hall–Kier alpha value is -3.54. The van der Waals surface area contributed by atoms with E-state index in [0.29, 0.717) is 23.2 Å². The van der Waals surface area contributed by atoms with Gasteiger partial charge in [0.25, 0.3) is 5.91 Å². The molecule has 13 heteroatoms. The van der Waals surface area contributed by atoms with Gasteiger partial charge in [-0.2, -0.15) is 23.3 Å². The van der Waals surface area contributed by atoms with E-state index in [1.807, 2.05) is 0 Å². The molecule has 0 aliphatic carbocycles. The molecule has 0 aliphatic rings. The minimum absolute atomic E-state index is 0.0598. The van der Waals surface area contributed by atoms with Gasteiger partial charge < -0.3 is 10.6 Å². The van der Waals surface area contributed by atoms with Crippen LogP contribution in [0.3, 0.4) is 0 Å². The Balaban J connectivity index is 1.85. The molecule has 1 heterocycles. The molecule has 0 saturated carbocycles. The maximum atomic E-state index is 13.4. The number of aliphatic imine (C=N–C) groups is 1. The monoisotopic (exact) mass is 475 g/mol. The summed E-state index contributed by atoms with van der Waals surface area (Å²) in [7, 11) is 0. The Labute approximate surface area is 181 Å². The zero-order valence-electron chi connectivity index (χ0n) is 15.7. The second kappa shape index (κ2) is 9.30. The number of nitrogens with zero attached hydrogens (tertiary/aromatic N) is 2. The number of guanidine groups is 1. The van der Waals surface area contributed by atoms with Gasteiger partial charge in [-0.25, -0.2) is 13.2 Å². The van der Waals surface area contributed by atoms with Gasteiger partial charge in [-0.3, -0.25) is 9.89 Å². The molecular weight excluding hydrogens is 464 g/mol. The summed E-state index contributed by atoms with van der Waals surface area (Å²) in [5, 5.41) is 10.5. The summed E-state index contributed by atoms with van der Waals surface area (Å²) in [6, 6.07) is 7.65. The Morgan fingerprint density at radius 3 is 2.25 bits per heavy atom. The third kappa shape index (κ3) is 5.78. The van der Waals surface area contributed by atoms with Crippen LogP contribution >= 0.6 is 11.6 Å². The van der Waals surface area contributed by atoms with Crippen LogP contribution in [0.1, 0.15) is 21.6 Å². The Morgan fingerprint density at radius 2 is 1.69 bits per heavy atom. The largest absolute Gasteiger partial charge is 0.435 e. The first-order chi connectivity index (χ1) is 15.0. The molecule has 2 aromatic carbocycles. The number of aromatic nitrogens is 2. The van der Waals surface area contributed by atoms with E-state index in [-0.39, 0.29) is 29.4 Å². The molecule has 0 spiro atoms. The standard InChI is InChI=1S/C19H12ClF6N5O/c20-11-3-1-10(2-4-11)17(32)29-18(28-15-7-14(30-31-15)19(24,25)26)27-8-9-5-12(21)16(23)13(22)6-9/h1-7H,8H2,(H3,27,28,29,30,31,32). The molecule has 3 rings (SSSR count). The van der Waals surface area contributed by atoms with Crippen LogP contribution in [0.15, 0.2) is 47.5 Å². The zero-order chi connectivity index (χ0) is 23.5. The van der Waals surface area contributed by atoms with E-state index in [1.165, 1.54) is 24.3 Å². The minimum Gasteiger partial charge on any atom is -0.352 e. The number of rotatable bonds is 4. The van der Waals surface area contributed by atoms with Crippen molar-refractivity contribution in [3.63, 3.8) is 0 Å². The number of carbonyl (C=O) groups excluding carboxylic acids is 1. The van der Waals surface area contributed by atoms with Crippen molar-refractivity contribution in [2.75, 3.05) is 5.32 Å². The van der Waals surface area contributed by atoms with Crippen LogP contribution in [0.25, 0.3) is 0 Å². The summed E-state index contributed by atoms with van der Waals surface area (Å²) in [5.74, 6) is -5.97. The fourth-order valence-electron chi connectivity index (χ4n) is 2.42. The minimum atomic E-state index is -4.72. The van der Waals surface area contributed by atoms with Crippen molar-refractivity contribution in [1.29, 1.82) is 0 Å². The molecule has 0 radical (unpaired) electrons. The van der Waals surface area contributed by atoms with Crippen molar-refractivity contribution < 1.29 is 31.1 Å². The molecule has 0 saturated heterocycles. The van der Waals surface area contributed by atoms with E-state index in [4.69, 9.17) is 11.6 Å². The van der Waals surface area contributed by atoms with Crippen LogP contribution in [-0.2, 0) is 12.7 Å². The first kappa shape index (κ1) is 23.1. The van der Waals surface area contributed by atoms with E-state index in [2.05, 4.69) is 25.8 Å². The number of anilines is 1. The second-order valence-corrected chi connectivity index (χ2v) is 6.73. The molecule has 6 nitrogen and oxygen atoms in total. The predicted octanol–water partition coefficient (Wildman–Crippen LogP) is 4.90. The van der Waals surface area contributed by atoms with Crippen LogP contribution in [0.4, 0.5) is 32.2 Å². The zero-order valence-corrected chi connectivity index (χ0v) is 16.5. The number of nitrogens with one attached hydrogen (secondary N) is 3. The smallest absolute Gasteiger partial charge is 0.352 e. The van der Waals surface area contributed by atoms with Crippen molar-refractivity contribution in [3.05, 3.63) is 81.8 Å². The maximum absolute atomic E-state index is 13.4. The number of carbonyl (C=O) groups is 1. The molecule has 0 bridgehead atoms. The van der Waals surface area contributed by atoms with Gasteiger partial charge in [-0.1, -0.05) is 11.6 Å². The van der Waals surface area contributed by atoms with Gasteiger partial charge in [0.15, 0.2) is 23.1 Å². The van der Waals surface area contributed by atoms with Crippen LogP contribution in [0.2, 0.25) is 5.02 Å². The molecule has 0 fully saturated rings. The van der Waals surface area contributed by atoms with E-state index in [0.717, 1.165) is 0 Å². The first-order valence-corrected chi connectivity index (χ1v) is 9.06. The molecule has 0 aliphatic heterocycles. The van der Waals surface area contributed by atoms with Crippen molar-refractivity contribution >= 4 is 29.3 Å². The SMILES string of the molecule is O=C(/N=C(/NCc1cc(F)c(F)c(F)c1)Nc1cc(C(F)(F)F)n[nH]1)c1ccc(Cl)cc1. The molecule has 1 amide bonds. The fraction of sp³-hybridized carbons (Fsp3) is 0.105. The van der Waals surface area contributed by atoms with Crippen molar-refractivity contribution in [1.82, 2.24) is 15.5 Å². The van der Waals surface area contributed by atoms with Gasteiger partial charge in [0.05, 0.1) is 0 Å². The molecule has 0 atom stereocenters. The van der Waals surface area contributed by atoms with E-state index in [1.54, 1.807) is 0 Å². The summed E-state index contributed by atoms with van der Waals surface area (Å²) in [6.07, 6.45) is -4.72. The number of benzene rings is 2. The highest BCUT2D eigenvalue weighted by molar-refractivity contribution is 6.30. The number of H-pyrrole nitrogens is 1. The highest BCUT2D eigenvalue weighted by Gasteiger charge is 2.34. The van der Waals surface area contributed by atoms with E-state index < -0.39 is 35.2 Å². The van der Waals surface area contributed by atoms with E-state index in [9.17, 15) is 31.1 Å². The predicted molar refractivity (Wildman–Crippen MR) is 104 cm³/mol. The van der Waals surface area contributed by atoms with Crippen molar-refractivity contribution in [2.45, 2.75) is 12.7 Å². The summed E-state index contributed by atoms with van der Waals surface area (Å²) in [6.45, 7) is -0.353. The normalized spacial score (nSPS) is 12.0. The molecule has 1 aromatic heterocycles. The highest BCUT2D eigenvalue weighted by atomic mass is 35.5. The van der Waals surface area contributed by atoms with E-state index >= 15 is 0 Å². The lowest BCUT2D eigenvalue weighted by Gasteiger charge is -2.11. The van der Waals surface area contributed by atoms with Gasteiger partial charge in [-0.05, 0) is 42.0 Å². The third-order valence-corrected chi connectivity index (χ3v) is 4.18. The van der Waals surface area contributed by atoms with Gasteiger partial charge >= 0.3 is 6.18 Å². The molecule has 3 N–H and O–H groups in total. The molecule has 168 valence electrons. The average Bonchev–Trinajstić information content (AvgIpc) is 3.19. The Bertz CT molecular complexity index is 1140. The summed E-state index contributed by atoms with van der Waals surface area (Å²) < 4.78 is 78.2. The Morgan fingerprint density at radius 1 is 1.06 bits per heavy atom. The first-order valence-electron chi connectivity index (χ1n) is 8.68. The molecule has 3 aromatic rings. The number of alkyl halides is 3. The van der Waals surface area contributed by atoms with Crippen LogP contribution in [-0.4, -0.2) is 22.1 Å². The summed E-state index contributed by atoms with van der Waals surface area (Å²) >= 11 is 5.76. The topological polar surface area (TPSA) is 82.2 Å². The number of amides is 1. The van der Waals surface area contributed by atoms with Crippen LogP contribution in [0.5, 0.6) is 0 Å². The number of hydrogen-bond donors (Lipinski definition) is 3. The number of hydrogen-bond acceptors (Lipinski definition) is 2. The number of halogens is 7. The lowest BCUT2D eigenvalue weighted by atomic mass is 10.2. The summed E-state index contributed by atoms with van der Waals surface area (Å²) in [5.41, 5.74) is -1.18. The second-order valence-electron chi connectivity index (χ2n) is 6.29. The molecule has 32 heavy (non-hydrogen) atoms. The number of aromatic amines is 1. The molecular formula is C19H12ClF6N5O. The Kier molecular flexibility index (Phi) is 6.72.